The number of furan rings is 1. The minimum atomic E-state index is 0.930. The maximum Gasteiger partial charge on any atom is 0.105 e. The van der Waals surface area contributed by atoms with Crippen LogP contribution in [0.25, 0.3) is 0 Å². The first-order valence-corrected chi connectivity index (χ1v) is 7.18. The van der Waals surface area contributed by atoms with Crippen molar-refractivity contribution < 1.29 is 4.42 Å². The maximum atomic E-state index is 5.59. The van der Waals surface area contributed by atoms with E-state index in [4.69, 9.17) is 4.42 Å². The molecule has 3 heteroatoms. The van der Waals surface area contributed by atoms with Crippen molar-refractivity contribution in [1.29, 1.82) is 0 Å². The fourth-order valence-corrected chi connectivity index (χ4v) is 2.61. The molecule has 0 saturated carbocycles. The van der Waals surface area contributed by atoms with Gasteiger partial charge in [0.1, 0.15) is 11.5 Å². The van der Waals surface area contributed by atoms with Crippen LogP contribution in [0, 0.1) is 12.8 Å². The Kier molecular flexibility index (Phi) is 5.26. The molecule has 0 amide bonds. The van der Waals surface area contributed by atoms with Gasteiger partial charge in [-0.3, -0.25) is 0 Å². The first-order chi connectivity index (χ1) is 8.74. The second-order valence-electron chi connectivity index (χ2n) is 5.55. The Morgan fingerprint density at radius 1 is 1.28 bits per heavy atom. The van der Waals surface area contributed by atoms with Crippen LogP contribution < -0.4 is 5.32 Å². The molecule has 1 aromatic rings. The summed E-state index contributed by atoms with van der Waals surface area (Å²) in [5.74, 6) is 3.06. The summed E-state index contributed by atoms with van der Waals surface area (Å²) in [5, 5.41) is 3.43. The third-order valence-electron chi connectivity index (χ3n) is 3.91. The second kappa shape index (κ2) is 6.95. The van der Waals surface area contributed by atoms with E-state index in [0.29, 0.717) is 0 Å². The molecule has 0 bridgehead atoms. The molecular formula is C15H26N2O. The van der Waals surface area contributed by atoms with E-state index in [0.717, 1.165) is 30.4 Å². The molecule has 1 aliphatic heterocycles. The lowest BCUT2D eigenvalue weighted by Crippen LogP contribution is -2.30. The number of nitrogens with zero attached hydrogens (tertiary/aromatic N) is 1. The summed E-state index contributed by atoms with van der Waals surface area (Å²) in [5.41, 5.74) is 0. The number of aryl methyl sites for hydroxylation is 1. The highest BCUT2D eigenvalue weighted by molar-refractivity contribution is 5.05. The average Bonchev–Trinajstić information content (AvgIpc) is 2.81. The van der Waals surface area contributed by atoms with Crippen molar-refractivity contribution in [1.82, 2.24) is 10.2 Å². The molecule has 1 N–H and O–H groups in total. The van der Waals surface area contributed by atoms with Crippen LogP contribution in [0.3, 0.4) is 0 Å². The van der Waals surface area contributed by atoms with Gasteiger partial charge in [-0.05, 0) is 70.9 Å². The van der Waals surface area contributed by atoms with Gasteiger partial charge >= 0.3 is 0 Å². The van der Waals surface area contributed by atoms with Crippen LogP contribution >= 0.6 is 0 Å². The fourth-order valence-electron chi connectivity index (χ4n) is 2.61. The highest BCUT2D eigenvalue weighted by Gasteiger charge is 2.13. The van der Waals surface area contributed by atoms with Crippen LogP contribution in [-0.2, 0) is 6.42 Å². The van der Waals surface area contributed by atoms with Crippen LogP contribution in [0.15, 0.2) is 16.5 Å². The second-order valence-corrected chi connectivity index (χ2v) is 5.55. The monoisotopic (exact) mass is 250 g/mol. The van der Waals surface area contributed by atoms with Gasteiger partial charge in [0, 0.05) is 13.0 Å². The molecule has 0 aromatic carbocycles. The largest absolute Gasteiger partial charge is 0.466 e. The van der Waals surface area contributed by atoms with E-state index in [9.17, 15) is 0 Å². The highest BCUT2D eigenvalue weighted by Crippen LogP contribution is 2.16. The van der Waals surface area contributed by atoms with Gasteiger partial charge in [0.05, 0.1) is 0 Å². The van der Waals surface area contributed by atoms with Crippen molar-refractivity contribution in [3.05, 3.63) is 23.7 Å². The van der Waals surface area contributed by atoms with Gasteiger partial charge < -0.3 is 14.6 Å². The number of hydrogen-bond donors (Lipinski definition) is 1. The Hall–Kier alpha value is -0.800. The van der Waals surface area contributed by atoms with Crippen molar-refractivity contribution in [2.75, 3.05) is 33.2 Å². The number of likely N-dealkylation sites (N-methyl/N-ethyl adjacent to an activating group) is 1. The summed E-state index contributed by atoms with van der Waals surface area (Å²) < 4.78 is 5.59. The van der Waals surface area contributed by atoms with Crippen molar-refractivity contribution in [2.45, 2.75) is 32.6 Å². The normalized spacial score (nSPS) is 17.5. The van der Waals surface area contributed by atoms with E-state index in [-0.39, 0.29) is 0 Å². The Labute approximate surface area is 111 Å². The van der Waals surface area contributed by atoms with Crippen molar-refractivity contribution in [3.8, 4) is 0 Å². The van der Waals surface area contributed by atoms with Crippen LogP contribution in [0.5, 0.6) is 0 Å². The number of rotatable bonds is 6. The van der Waals surface area contributed by atoms with E-state index in [2.05, 4.69) is 23.3 Å². The van der Waals surface area contributed by atoms with Crippen LogP contribution in [0.1, 0.15) is 30.8 Å². The predicted octanol–water partition coefficient (Wildman–Crippen LogP) is 2.45. The molecule has 0 aliphatic carbocycles. The highest BCUT2D eigenvalue weighted by atomic mass is 16.3. The van der Waals surface area contributed by atoms with Crippen molar-refractivity contribution in [2.24, 2.45) is 5.92 Å². The summed E-state index contributed by atoms with van der Waals surface area (Å²) in [7, 11) is 2.22. The molecular weight excluding hydrogens is 224 g/mol. The van der Waals surface area contributed by atoms with Gasteiger partial charge in [0.25, 0.3) is 0 Å². The van der Waals surface area contributed by atoms with Crippen LogP contribution in [-0.4, -0.2) is 38.1 Å². The summed E-state index contributed by atoms with van der Waals surface area (Å²) in [4.78, 5) is 2.43. The standard InChI is InChI=1S/C15H26N2O/c1-13-3-4-15(18-13)8-12-17(2)11-7-14-5-9-16-10-6-14/h3-4,14,16H,5-12H2,1-2H3. The van der Waals surface area contributed by atoms with Gasteiger partial charge in [-0.15, -0.1) is 0 Å². The molecule has 2 heterocycles. The Bertz CT molecular complexity index is 342. The topological polar surface area (TPSA) is 28.4 Å². The quantitative estimate of drug-likeness (QED) is 0.840. The molecule has 18 heavy (non-hydrogen) atoms. The Morgan fingerprint density at radius 2 is 2.06 bits per heavy atom. The zero-order valence-corrected chi connectivity index (χ0v) is 11.7. The van der Waals surface area contributed by atoms with Crippen molar-refractivity contribution >= 4 is 0 Å². The molecule has 0 atom stereocenters. The minimum Gasteiger partial charge on any atom is -0.466 e. The molecule has 1 aliphatic rings. The Morgan fingerprint density at radius 3 is 2.72 bits per heavy atom. The third-order valence-corrected chi connectivity index (χ3v) is 3.91. The predicted molar refractivity (Wildman–Crippen MR) is 74.9 cm³/mol. The minimum absolute atomic E-state index is 0.930. The summed E-state index contributed by atoms with van der Waals surface area (Å²) in [6, 6.07) is 4.14. The zero-order chi connectivity index (χ0) is 12.8. The number of nitrogens with one attached hydrogen (secondary N) is 1. The van der Waals surface area contributed by atoms with E-state index in [1.807, 2.05) is 13.0 Å². The number of hydrogen-bond acceptors (Lipinski definition) is 3. The Balaban J connectivity index is 1.61. The van der Waals surface area contributed by atoms with Gasteiger partial charge in [-0.25, -0.2) is 0 Å². The van der Waals surface area contributed by atoms with Gasteiger partial charge in [0.2, 0.25) is 0 Å². The molecule has 1 aromatic heterocycles. The lowest BCUT2D eigenvalue weighted by molar-refractivity contribution is 0.268. The summed E-state index contributed by atoms with van der Waals surface area (Å²) in [6.07, 6.45) is 5.07. The average molecular weight is 250 g/mol. The lowest BCUT2D eigenvalue weighted by atomic mass is 9.94. The molecule has 102 valence electrons. The molecule has 2 rings (SSSR count). The number of piperidine rings is 1. The van der Waals surface area contributed by atoms with E-state index < -0.39 is 0 Å². The van der Waals surface area contributed by atoms with E-state index in [1.54, 1.807) is 0 Å². The third kappa shape index (κ3) is 4.46. The van der Waals surface area contributed by atoms with Crippen LogP contribution in [0.2, 0.25) is 0 Å². The van der Waals surface area contributed by atoms with E-state index >= 15 is 0 Å². The molecule has 0 unspecified atom stereocenters. The van der Waals surface area contributed by atoms with Gasteiger partial charge in [-0.1, -0.05) is 0 Å². The fraction of sp³-hybridized carbons (Fsp3) is 0.733. The van der Waals surface area contributed by atoms with Crippen molar-refractivity contribution in [3.63, 3.8) is 0 Å². The molecule has 0 spiro atoms. The molecule has 1 fully saturated rings. The molecule has 3 nitrogen and oxygen atoms in total. The van der Waals surface area contributed by atoms with Crippen LogP contribution in [0.4, 0.5) is 0 Å². The SMILES string of the molecule is Cc1ccc(CCN(C)CCC2CCNCC2)o1. The first-order valence-electron chi connectivity index (χ1n) is 7.18. The zero-order valence-electron chi connectivity index (χ0n) is 11.7. The maximum absolute atomic E-state index is 5.59. The summed E-state index contributed by atoms with van der Waals surface area (Å²) in [6.45, 7) is 6.73. The summed E-state index contributed by atoms with van der Waals surface area (Å²) >= 11 is 0. The van der Waals surface area contributed by atoms with Gasteiger partial charge in [0.15, 0.2) is 0 Å². The molecule has 0 radical (unpaired) electrons. The van der Waals surface area contributed by atoms with Gasteiger partial charge in [-0.2, -0.15) is 0 Å². The smallest absolute Gasteiger partial charge is 0.105 e. The first kappa shape index (κ1) is 13.6. The molecule has 1 saturated heterocycles. The van der Waals surface area contributed by atoms with E-state index in [1.165, 1.54) is 38.9 Å². The lowest BCUT2D eigenvalue weighted by Gasteiger charge is -2.25.